The standard InChI is InChI=1S/C17H16BrN5O3S/c18-15-6-5-14(27-15)17-20-19-16(26-17)11-21-7-9-22(10-8-21)12-1-3-13(4-2-12)23(24)25/h1-6H,7-11H2. The fraction of sp³-hybridized carbons (Fsp3) is 0.294. The van der Waals surface area contributed by atoms with Gasteiger partial charge in [0.2, 0.25) is 5.89 Å². The molecular formula is C17H16BrN5O3S. The molecule has 0 N–H and O–H groups in total. The number of benzene rings is 1. The Morgan fingerprint density at radius 3 is 2.48 bits per heavy atom. The summed E-state index contributed by atoms with van der Waals surface area (Å²) < 4.78 is 6.81. The summed E-state index contributed by atoms with van der Waals surface area (Å²) in [7, 11) is 0. The van der Waals surface area contributed by atoms with Crippen molar-refractivity contribution in [3.05, 3.63) is 56.2 Å². The van der Waals surface area contributed by atoms with E-state index in [9.17, 15) is 10.1 Å². The van der Waals surface area contributed by atoms with Crippen LogP contribution in [0.2, 0.25) is 0 Å². The molecule has 27 heavy (non-hydrogen) atoms. The van der Waals surface area contributed by atoms with Crippen molar-refractivity contribution in [3.63, 3.8) is 0 Å². The van der Waals surface area contributed by atoms with Gasteiger partial charge in [-0.3, -0.25) is 15.0 Å². The van der Waals surface area contributed by atoms with Crippen LogP contribution in [0.4, 0.5) is 11.4 Å². The molecule has 10 heteroatoms. The number of hydrogen-bond acceptors (Lipinski definition) is 8. The first-order valence-corrected chi connectivity index (χ1v) is 9.99. The minimum absolute atomic E-state index is 0.113. The van der Waals surface area contributed by atoms with Gasteiger partial charge in [-0.2, -0.15) is 0 Å². The second-order valence-corrected chi connectivity index (χ2v) is 8.60. The Morgan fingerprint density at radius 2 is 1.85 bits per heavy atom. The lowest BCUT2D eigenvalue weighted by Crippen LogP contribution is -2.46. The van der Waals surface area contributed by atoms with Crippen LogP contribution < -0.4 is 4.90 Å². The Labute approximate surface area is 167 Å². The summed E-state index contributed by atoms with van der Waals surface area (Å²) >= 11 is 4.99. The maximum atomic E-state index is 10.8. The third-order valence-electron chi connectivity index (χ3n) is 4.41. The van der Waals surface area contributed by atoms with Crippen molar-refractivity contribution in [2.45, 2.75) is 6.54 Å². The molecule has 1 aromatic carbocycles. The number of halogens is 1. The first kappa shape index (κ1) is 18.1. The molecule has 0 atom stereocenters. The second kappa shape index (κ2) is 7.75. The molecular weight excluding hydrogens is 434 g/mol. The van der Waals surface area contributed by atoms with Crippen LogP contribution >= 0.6 is 27.3 Å². The monoisotopic (exact) mass is 449 g/mol. The van der Waals surface area contributed by atoms with Crippen LogP contribution in [0.15, 0.2) is 44.6 Å². The SMILES string of the molecule is O=[N+]([O-])c1ccc(N2CCN(Cc3nnc(-c4ccc(Br)s4)o3)CC2)cc1. The van der Waals surface area contributed by atoms with E-state index >= 15 is 0 Å². The van der Waals surface area contributed by atoms with E-state index < -0.39 is 0 Å². The average Bonchev–Trinajstić information content (AvgIpc) is 3.31. The van der Waals surface area contributed by atoms with Crippen molar-refractivity contribution >= 4 is 38.6 Å². The van der Waals surface area contributed by atoms with E-state index in [2.05, 4.69) is 35.9 Å². The van der Waals surface area contributed by atoms with Crippen molar-refractivity contribution in [2.75, 3.05) is 31.1 Å². The molecule has 2 aromatic heterocycles. The normalized spacial score (nSPS) is 15.2. The molecule has 1 aliphatic heterocycles. The van der Waals surface area contributed by atoms with Gasteiger partial charge in [-0.25, -0.2) is 0 Å². The molecule has 0 amide bonds. The van der Waals surface area contributed by atoms with E-state index in [1.807, 2.05) is 12.1 Å². The highest BCUT2D eigenvalue weighted by atomic mass is 79.9. The molecule has 1 fully saturated rings. The Balaban J connectivity index is 1.33. The summed E-state index contributed by atoms with van der Waals surface area (Å²) in [5.74, 6) is 1.16. The minimum Gasteiger partial charge on any atom is -0.419 e. The van der Waals surface area contributed by atoms with Gasteiger partial charge in [0.05, 0.1) is 20.1 Å². The molecule has 3 aromatic rings. The van der Waals surface area contributed by atoms with Gasteiger partial charge in [0, 0.05) is 44.0 Å². The zero-order valence-electron chi connectivity index (χ0n) is 14.2. The van der Waals surface area contributed by atoms with Gasteiger partial charge in [-0.1, -0.05) is 0 Å². The zero-order chi connectivity index (χ0) is 18.8. The van der Waals surface area contributed by atoms with Crippen LogP contribution in [-0.4, -0.2) is 46.2 Å². The minimum atomic E-state index is -0.380. The zero-order valence-corrected chi connectivity index (χ0v) is 16.6. The summed E-state index contributed by atoms with van der Waals surface area (Å²) in [6.07, 6.45) is 0. The summed E-state index contributed by atoms with van der Waals surface area (Å²) in [6, 6.07) is 10.6. The van der Waals surface area contributed by atoms with Crippen LogP contribution in [-0.2, 0) is 6.54 Å². The van der Waals surface area contributed by atoms with Gasteiger partial charge in [0.15, 0.2) is 0 Å². The molecule has 4 rings (SSSR count). The smallest absolute Gasteiger partial charge is 0.269 e. The van der Waals surface area contributed by atoms with E-state index in [1.165, 1.54) is 0 Å². The highest BCUT2D eigenvalue weighted by molar-refractivity contribution is 9.11. The third-order valence-corrected chi connectivity index (χ3v) is 6.02. The van der Waals surface area contributed by atoms with Crippen LogP contribution in [0.5, 0.6) is 0 Å². The highest BCUT2D eigenvalue weighted by Gasteiger charge is 2.20. The molecule has 8 nitrogen and oxygen atoms in total. The molecule has 0 bridgehead atoms. The lowest BCUT2D eigenvalue weighted by atomic mass is 10.2. The van der Waals surface area contributed by atoms with Crippen LogP contribution in [0.25, 0.3) is 10.8 Å². The van der Waals surface area contributed by atoms with Crippen molar-refractivity contribution in [1.29, 1.82) is 0 Å². The number of piperazine rings is 1. The van der Waals surface area contributed by atoms with Gasteiger partial charge in [0.1, 0.15) is 0 Å². The summed E-state index contributed by atoms with van der Waals surface area (Å²) in [5.41, 5.74) is 1.12. The molecule has 1 saturated heterocycles. The fourth-order valence-corrected chi connectivity index (χ4v) is 4.29. The van der Waals surface area contributed by atoms with Crippen molar-refractivity contribution in [2.24, 2.45) is 0 Å². The lowest BCUT2D eigenvalue weighted by molar-refractivity contribution is -0.384. The largest absolute Gasteiger partial charge is 0.419 e. The first-order valence-electron chi connectivity index (χ1n) is 8.38. The van der Waals surface area contributed by atoms with Crippen molar-refractivity contribution < 1.29 is 9.34 Å². The van der Waals surface area contributed by atoms with E-state index in [-0.39, 0.29) is 10.6 Å². The Bertz CT molecular complexity index is 934. The number of rotatable bonds is 5. The molecule has 0 unspecified atom stereocenters. The summed E-state index contributed by atoms with van der Waals surface area (Å²) in [4.78, 5) is 15.8. The van der Waals surface area contributed by atoms with Gasteiger partial charge >= 0.3 is 0 Å². The highest BCUT2D eigenvalue weighted by Crippen LogP contribution is 2.30. The van der Waals surface area contributed by atoms with Crippen LogP contribution in [0.3, 0.4) is 0 Å². The Hall–Kier alpha value is -2.30. The molecule has 1 aliphatic rings. The number of nitro benzene ring substituents is 1. The maximum Gasteiger partial charge on any atom is 0.269 e. The topological polar surface area (TPSA) is 88.5 Å². The van der Waals surface area contributed by atoms with E-state index in [1.54, 1.807) is 35.6 Å². The van der Waals surface area contributed by atoms with Gasteiger partial charge in [-0.05, 0) is 40.2 Å². The number of anilines is 1. The molecule has 0 saturated carbocycles. The van der Waals surface area contributed by atoms with Gasteiger partial charge in [0.25, 0.3) is 11.6 Å². The Kier molecular flexibility index (Phi) is 5.19. The average molecular weight is 450 g/mol. The van der Waals surface area contributed by atoms with E-state index in [4.69, 9.17) is 4.42 Å². The molecule has 140 valence electrons. The maximum absolute atomic E-state index is 10.8. The predicted octanol–water partition coefficient (Wildman–Crippen LogP) is 3.79. The molecule has 0 aliphatic carbocycles. The van der Waals surface area contributed by atoms with E-state index in [0.717, 1.165) is 40.5 Å². The first-order chi connectivity index (χ1) is 13.1. The predicted molar refractivity (Wildman–Crippen MR) is 106 cm³/mol. The van der Waals surface area contributed by atoms with Gasteiger partial charge in [-0.15, -0.1) is 21.5 Å². The summed E-state index contributed by atoms with van der Waals surface area (Å²) in [5, 5.41) is 19.0. The number of non-ortho nitro benzene ring substituents is 1. The van der Waals surface area contributed by atoms with Crippen molar-refractivity contribution in [1.82, 2.24) is 15.1 Å². The lowest BCUT2D eigenvalue weighted by Gasteiger charge is -2.35. The van der Waals surface area contributed by atoms with E-state index in [0.29, 0.717) is 18.3 Å². The van der Waals surface area contributed by atoms with Crippen LogP contribution in [0.1, 0.15) is 5.89 Å². The third kappa shape index (κ3) is 4.18. The number of thiophene rings is 1. The molecule has 0 radical (unpaired) electrons. The Morgan fingerprint density at radius 1 is 1.11 bits per heavy atom. The molecule has 3 heterocycles. The fourth-order valence-electron chi connectivity index (χ4n) is 2.99. The number of hydrogen-bond donors (Lipinski definition) is 0. The number of nitrogens with zero attached hydrogens (tertiary/aromatic N) is 5. The van der Waals surface area contributed by atoms with Crippen molar-refractivity contribution in [3.8, 4) is 10.8 Å². The quantitative estimate of drug-likeness (QED) is 0.432. The van der Waals surface area contributed by atoms with Gasteiger partial charge < -0.3 is 9.32 Å². The molecule has 0 spiro atoms. The second-order valence-electron chi connectivity index (χ2n) is 6.14. The number of nitro groups is 1. The number of aromatic nitrogens is 2. The van der Waals surface area contributed by atoms with Crippen LogP contribution in [0, 0.1) is 10.1 Å². The summed E-state index contributed by atoms with van der Waals surface area (Å²) in [6.45, 7) is 4.03.